The minimum Gasteiger partial charge on any atom is -0.416 e. The smallest absolute Gasteiger partial charge is 0.276 e. The van der Waals surface area contributed by atoms with Gasteiger partial charge in [-0.05, 0) is 19.1 Å². The quantitative estimate of drug-likeness (QED) is 0.443. The number of primary amides is 1. The van der Waals surface area contributed by atoms with Gasteiger partial charge in [-0.3, -0.25) is 4.79 Å². The normalized spacial score (nSPS) is 11.0. The van der Waals surface area contributed by atoms with E-state index in [2.05, 4.69) is 20.2 Å². The van der Waals surface area contributed by atoms with Crippen LogP contribution in [0.3, 0.4) is 0 Å². The van der Waals surface area contributed by atoms with Crippen LogP contribution in [0.25, 0.3) is 10.6 Å². The average molecular weight is 430 g/mol. The van der Waals surface area contributed by atoms with Crippen LogP contribution >= 0.6 is 34.4 Å². The molecule has 1 aromatic carbocycles. The summed E-state index contributed by atoms with van der Waals surface area (Å²) < 4.78 is 5.68. The Hall–Kier alpha value is -2.56. The molecule has 0 unspecified atom stereocenters. The summed E-state index contributed by atoms with van der Waals surface area (Å²) >= 11 is 4.60. The molecule has 0 spiro atoms. The second kappa shape index (κ2) is 8.21. The summed E-state index contributed by atoms with van der Waals surface area (Å²) in [7, 11) is 0. The molecule has 0 bridgehead atoms. The largest absolute Gasteiger partial charge is 0.416 e. The molecule has 0 fully saturated rings. The summed E-state index contributed by atoms with van der Waals surface area (Å²) in [6.45, 7) is 1.97. The Bertz CT molecular complexity index is 1100. The van der Waals surface area contributed by atoms with E-state index in [1.165, 1.54) is 11.8 Å². The number of thioether (sulfide) groups is 1. The van der Waals surface area contributed by atoms with Crippen molar-refractivity contribution in [2.75, 3.05) is 0 Å². The molecule has 7 nitrogen and oxygen atoms in total. The number of hydrogen-bond donors (Lipinski definition) is 1. The highest BCUT2D eigenvalue weighted by molar-refractivity contribution is 7.98. The van der Waals surface area contributed by atoms with Crippen molar-refractivity contribution in [2.24, 2.45) is 5.73 Å². The average Bonchev–Trinajstić information content (AvgIpc) is 3.42. The van der Waals surface area contributed by atoms with E-state index in [4.69, 9.17) is 10.2 Å². The van der Waals surface area contributed by atoms with Crippen molar-refractivity contribution in [3.8, 4) is 10.6 Å². The number of nitrogens with zero attached hydrogens (tertiary/aromatic N) is 4. The van der Waals surface area contributed by atoms with E-state index < -0.39 is 5.91 Å². The number of aromatic nitrogens is 4. The van der Waals surface area contributed by atoms with Gasteiger partial charge < -0.3 is 10.2 Å². The molecular weight excluding hydrogens is 414 g/mol. The molecule has 1 amide bonds. The van der Waals surface area contributed by atoms with Gasteiger partial charge >= 0.3 is 0 Å². The van der Waals surface area contributed by atoms with E-state index in [1.807, 2.05) is 29.8 Å². The molecule has 2 N–H and O–H groups in total. The van der Waals surface area contributed by atoms with Gasteiger partial charge in [0.2, 0.25) is 11.8 Å². The van der Waals surface area contributed by atoms with Crippen molar-refractivity contribution in [2.45, 2.75) is 24.3 Å². The molecule has 0 saturated heterocycles. The molecule has 0 aliphatic heterocycles. The molecule has 0 aliphatic carbocycles. The lowest BCUT2D eigenvalue weighted by atomic mass is 10.1. The fraction of sp³-hybridized carbons (Fsp3) is 0.167. The van der Waals surface area contributed by atoms with Crippen LogP contribution in [-0.4, -0.2) is 26.1 Å². The second-order valence-corrected chi connectivity index (χ2v) is 8.72. The fourth-order valence-corrected chi connectivity index (χ4v) is 4.65. The van der Waals surface area contributed by atoms with Gasteiger partial charge in [-0.15, -0.1) is 32.9 Å². The lowest BCUT2D eigenvalue weighted by Crippen LogP contribution is -2.10. The van der Waals surface area contributed by atoms with Gasteiger partial charge in [0, 0.05) is 27.6 Å². The number of nitrogens with two attached hydrogens (primary N) is 1. The molecule has 142 valence electrons. The summed E-state index contributed by atoms with van der Waals surface area (Å²) in [6.07, 6.45) is 0.542. The third-order valence-corrected chi connectivity index (χ3v) is 6.37. The Morgan fingerprint density at radius 3 is 2.61 bits per heavy atom. The van der Waals surface area contributed by atoms with Crippen LogP contribution in [0.15, 0.2) is 44.7 Å². The van der Waals surface area contributed by atoms with Crippen LogP contribution in [0.2, 0.25) is 0 Å². The molecular formula is C18H15N5O2S3. The first-order valence-electron chi connectivity index (χ1n) is 8.27. The number of aryl methyl sites for hydroxylation is 1. The molecule has 3 aromatic heterocycles. The number of carbonyl (C=O) groups is 1. The summed E-state index contributed by atoms with van der Waals surface area (Å²) in [4.78, 5) is 20.2. The first kappa shape index (κ1) is 18.8. The van der Waals surface area contributed by atoms with Gasteiger partial charge in [0.25, 0.3) is 5.22 Å². The summed E-state index contributed by atoms with van der Waals surface area (Å²) in [6, 6.07) is 7.11. The Balaban J connectivity index is 1.36. The van der Waals surface area contributed by atoms with Crippen molar-refractivity contribution in [3.63, 3.8) is 0 Å². The minimum atomic E-state index is -0.438. The number of hydrogen-bond acceptors (Lipinski definition) is 9. The third-order valence-electron chi connectivity index (χ3n) is 3.76. The number of amides is 1. The van der Waals surface area contributed by atoms with E-state index in [0.717, 1.165) is 27.0 Å². The molecule has 0 radical (unpaired) electrons. The maximum absolute atomic E-state index is 11.2. The van der Waals surface area contributed by atoms with Crippen LogP contribution in [-0.2, 0) is 12.2 Å². The van der Waals surface area contributed by atoms with Crippen molar-refractivity contribution in [1.29, 1.82) is 0 Å². The number of carbonyl (C=O) groups excluding carboxylic acids is 1. The Labute approximate surface area is 173 Å². The molecule has 3 heterocycles. The summed E-state index contributed by atoms with van der Waals surface area (Å²) in [5, 5.41) is 14.6. The van der Waals surface area contributed by atoms with Gasteiger partial charge in [-0.2, -0.15) is 0 Å². The SMILES string of the molecule is Cc1nc(Cc2nnc(SCc3csc(-c4ccc(C(N)=O)cc4)n3)o2)cs1. The molecule has 0 saturated carbocycles. The zero-order valence-electron chi connectivity index (χ0n) is 14.8. The second-order valence-electron chi connectivity index (χ2n) is 5.87. The fourth-order valence-electron chi connectivity index (χ4n) is 2.43. The topological polar surface area (TPSA) is 108 Å². The molecule has 0 atom stereocenters. The highest BCUT2D eigenvalue weighted by atomic mass is 32.2. The Morgan fingerprint density at radius 2 is 1.89 bits per heavy atom. The van der Waals surface area contributed by atoms with Crippen LogP contribution in [0.1, 0.15) is 32.6 Å². The third kappa shape index (κ3) is 4.46. The van der Waals surface area contributed by atoms with Gasteiger partial charge in [0.05, 0.1) is 22.8 Å². The standard InChI is InChI=1S/C18H15N5O2S3/c1-10-20-13(7-26-10)6-15-22-23-18(25-15)28-9-14-8-27-17(21-14)12-4-2-11(3-5-12)16(19)24/h2-5,7-8H,6,9H2,1H3,(H2,19,24). The van der Waals surface area contributed by atoms with Gasteiger partial charge in [-0.1, -0.05) is 23.9 Å². The van der Waals surface area contributed by atoms with Gasteiger partial charge in [-0.25, -0.2) is 9.97 Å². The van der Waals surface area contributed by atoms with Crippen LogP contribution in [0, 0.1) is 6.92 Å². The summed E-state index contributed by atoms with van der Waals surface area (Å²) in [5.74, 6) is 0.751. The van der Waals surface area contributed by atoms with Crippen molar-refractivity contribution in [1.82, 2.24) is 20.2 Å². The Kier molecular flexibility index (Phi) is 5.51. The molecule has 10 heteroatoms. The highest BCUT2D eigenvalue weighted by Gasteiger charge is 2.11. The molecule has 28 heavy (non-hydrogen) atoms. The lowest BCUT2D eigenvalue weighted by Gasteiger charge is -1.98. The van der Waals surface area contributed by atoms with E-state index in [1.54, 1.807) is 34.8 Å². The predicted molar refractivity (Wildman–Crippen MR) is 110 cm³/mol. The maximum atomic E-state index is 11.2. The zero-order valence-corrected chi connectivity index (χ0v) is 17.2. The zero-order chi connectivity index (χ0) is 19.5. The number of benzene rings is 1. The van der Waals surface area contributed by atoms with Gasteiger partial charge in [0.15, 0.2) is 0 Å². The Morgan fingerprint density at radius 1 is 1.11 bits per heavy atom. The monoisotopic (exact) mass is 429 g/mol. The van der Waals surface area contributed by atoms with E-state index >= 15 is 0 Å². The van der Waals surface area contributed by atoms with Crippen LogP contribution < -0.4 is 5.73 Å². The van der Waals surface area contributed by atoms with E-state index in [-0.39, 0.29) is 0 Å². The number of rotatable bonds is 7. The lowest BCUT2D eigenvalue weighted by molar-refractivity contribution is 0.100. The van der Waals surface area contributed by atoms with Crippen LogP contribution in [0.4, 0.5) is 0 Å². The number of thiazole rings is 2. The predicted octanol–water partition coefficient (Wildman–Crippen LogP) is 3.94. The molecule has 0 aliphatic rings. The highest BCUT2D eigenvalue weighted by Crippen LogP contribution is 2.28. The first-order chi connectivity index (χ1) is 13.6. The molecule has 4 aromatic rings. The first-order valence-corrected chi connectivity index (χ1v) is 11.0. The maximum Gasteiger partial charge on any atom is 0.276 e. The van der Waals surface area contributed by atoms with Gasteiger partial charge in [0.1, 0.15) is 5.01 Å². The summed E-state index contributed by atoms with van der Waals surface area (Å²) in [5.41, 5.74) is 8.57. The van der Waals surface area contributed by atoms with Crippen LogP contribution in [0.5, 0.6) is 0 Å². The minimum absolute atomic E-state index is 0.438. The van der Waals surface area contributed by atoms with Crippen molar-refractivity contribution < 1.29 is 9.21 Å². The van der Waals surface area contributed by atoms with Crippen molar-refractivity contribution >= 4 is 40.3 Å². The van der Waals surface area contributed by atoms with Crippen molar-refractivity contribution in [3.05, 3.63) is 62.9 Å². The van der Waals surface area contributed by atoms with E-state index in [9.17, 15) is 4.79 Å². The molecule has 4 rings (SSSR count). The van der Waals surface area contributed by atoms with E-state index in [0.29, 0.717) is 28.9 Å².